The predicted octanol–water partition coefficient (Wildman–Crippen LogP) is 4.60. The number of anilines is 1. The molecule has 3 aromatic rings. The van der Waals surface area contributed by atoms with Crippen LogP contribution in [0, 0.1) is 6.92 Å². The van der Waals surface area contributed by atoms with Crippen LogP contribution in [0.25, 0.3) is 10.9 Å². The summed E-state index contributed by atoms with van der Waals surface area (Å²) in [6.45, 7) is 1.83. The van der Waals surface area contributed by atoms with E-state index in [1.165, 1.54) is 0 Å². The molecule has 0 amide bonds. The van der Waals surface area contributed by atoms with Gasteiger partial charge in [-0.05, 0) is 30.7 Å². The SMILES string of the molecule is Cc1c(N)cccc1C(=O)c1c[nH]c2cc(Cl)cc(Cl)c12. The Labute approximate surface area is 131 Å². The van der Waals surface area contributed by atoms with E-state index in [-0.39, 0.29) is 5.78 Å². The van der Waals surface area contributed by atoms with Crippen LogP contribution in [0.1, 0.15) is 21.5 Å². The van der Waals surface area contributed by atoms with Crippen LogP contribution in [-0.2, 0) is 0 Å². The normalized spacial score (nSPS) is 11.0. The van der Waals surface area contributed by atoms with Crippen molar-refractivity contribution in [2.24, 2.45) is 0 Å². The minimum Gasteiger partial charge on any atom is -0.398 e. The molecule has 0 aliphatic rings. The number of aromatic nitrogens is 1. The van der Waals surface area contributed by atoms with Crippen LogP contribution in [0.2, 0.25) is 10.0 Å². The maximum atomic E-state index is 12.8. The van der Waals surface area contributed by atoms with Crippen molar-refractivity contribution < 1.29 is 4.79 Å². The number of benzene rings is 2. The zero-order valence-corrected chi connectivity index (χ0v) is 12.7. The number of fused-ring (bicyclic) bond motifs is 1. The van der Waals surface area contributed by atoms with Crippen LogP contribution in [0.5, 0.6) is 0 Å². The van der Waals surface area contributed by atoms with Gasteiger partial charge in [0.05, 0.1) is 5.02 Å². The molecule has 0 aliphatic heterocycles. The Hall–Kier alpha value is -1.97. The fourth-order valence-electron chi connectivity index (χ4n) is 2.41. The molecular weight excluding hydrogens is 307 g/mol. The van der Waals surface area contributed by atoms with Crippen LogP contribution in [0.3, 0.4) is 0 Å². The highest BCUT2D eigenvalue weighted by molar-refractivity contribution is 6.40. The monoisotopic (exact) mass is 318 g/mol. The average Bonchev–Trinajstić information content (AvgIpc) is 2.85. The number of nitrogens with one attached hydrogen (secondary N) is 1. The summed E-state index contributed by atoms with van der Waals surface area (Å²) in [5, 5.41) is 1.64. The number of H-pyrrole nitrogens is 1. The zero-order valence-electron chi connectivity index (χ0n) is 11.2. The molecule has 1 heterocycles. The lowest BCUT2D eigenvalue weighted by Gasteiger charge is -2.07. The van der Waals surface area contributed by atoms with Gasteiger partial charge in [-0.15, -0.1) is 0 Å². The summed E-state index contributed by atoms with van der Waals surface area (Å²) in [6.07, 6.45) is 1.65. The van der Waals surface area contributed by atoms with Gasteiger partial charge in [-0.3, -0.25) is 4.79 Å². The molecule has 0 unspecified atom stereocenters. The molecule has 0 bridgehead atoms. The Morgan fingerprint density at radius 3 is 2.71 bits per heavy atom. The summed E-state index contributed by atoms with van der Waals surface area (Å²) >= 11 is 12.2. The second kappa shape index (κ2) is 5.10. The summed E-state index contributed by atoms with van der Waals surface area (Å²) in [5.41, 5.74) is 9.05. The molecule has 0 aliphatic carbocycles. The topological polar surface area (TPSA) is 58.9 Å². The number of nitrogen functional groups attached to an aromatic ring is 1. The maximum Gasteiger partial charge on any atom is 0.195 e. The maximum absolute atomic E-state index is 12.8. The fourth-order valence-corrected chi connectivity index (χ4v) is 3.00. The highest BCUT2D eigenvalue weighted by Crippen LogP contribution is 2.32. The Morgan fingerprint density at radius 2 is 1.95 bits per heavy atom. The summed E-state index contributed by atoms with van der Waals surface area (Å²) in [4.78, 5) is 15.8. The highest BCUT2D eigenvalue weighted by atomic mass is 35.5. The van der Waals surface area contributed by atoms with Crippen LogP contribution < -0.4 is 5.73 Å². The van der Waals surface area contributed by atoms with E-state index < -0.39 is 0 Å². The van der Waals surface area contributed by atoms with E-state index in [0.29, 0.717) is 32.2 Å². The lowest BCUT2D eigenvalue weighted by atomic mass is 9.98. The van der Waals surface area contributed by atoms with E-state index >= 15 is 0 Å². The fraction of sp³-hybridized carbons (Fsp3) is 0.0625. The van der Waals surface area contributed by atoms with Gasteiger partial charge in [0.2, 0.25) is 0 Å². The summed E-state index contributed by atoms with van der Waals surface area (Å²) in [5.74, 6) is -0.115. The van der Waals surface area contributed by atoms with Gasteiger partial charge in [-0.1, -0.05) is 35.3 Å². The first-order valence-corrected chi connectivity index (χ1v) is 7.10. The lowest BCUT2D eigenvalue weighted by Crippen LogP contribution is -2.05. The summed E-state index contributed by atoms with van der Waals surface area (Å²) in [6, 6.07) is 8.67. The van der Waals surface area contributed by atoms with Crippen molar-refractivity contribution in [1.82, 2.24) is 4.98 Å². The summed E-state index contributed by atoms with van der Waals surface area (Å²) < 4.78 is 0. The van der Waals surface area contributed by atoms with Gasteiger partial charge in [0.25, 0.3) is 0 Å². The molecule has 0 saturated heterocycles. The van der Waals surface area contributed by atoms with Crippen molar-refractivity contribution >= 4 is 45.6 Å². The third-order valence-electron chi connectivity index (χ3n) is 3.56. The Bertz CT molecular complexity index is 868. The van der Waals surface area contributed by atoms with Crippen molar-refractivity contribution in [3.63, 3.8) is 0 Å². The standard InChI is InChI=1S/C16H12Cl2N2O/c1-8-10(3-2-4-13(8)19)16(21)11-7-20-14-6-9(17)5-12(18)15(11)14/h2-7,20H,19H2,1H3. The number of hydrogen-bond donors (Lipinski definition) is 2. The minimum absolute atomic E-state index is 0.115. The number of carbonyl (C=O) groups is 1. The van der Waals surface area contributed by atoms with Crippen molar-refractivity contribution in [2.45, 2.75) is 6.92 Å². The molecule has 21 heavy (non-hydrogen) atoms. The van der Waals surface area contributed by atoms with E-state index in [1.807, 2.05) is 6.92 Å². The number of hydrogen-bond acceptors (Lipinski definition) is 2. The molecule has 3 rings (SSSR count). The number of halogens is 2. The van der Waals surface area contributed by atoms with Crippen molar-refractivity contribution in [3.05, 3.63) is 63.3 Å². The second-order valence-corrected chi connectivity index (χ2v) is 5.71. The van der Waals surface area contributed by atoms with Gasteiger partial charge in [0.1, 0.15) is 0 Å². The first-order valence-electron chi connectivity index (χ1n) is 6.35. The van der Waals surface area contributed by atoms with Gasteiger partial charge in [0.15, 0.2) is 5.78 Å². The molecule has 1 aromatic heterocycles. The number of ketones is 1. The second-order valence-electron chi connectivity index (χ2n) is 4.86. The Balaban J connectivity index is 2.21. The number of aromatic amines is 1. The lowest BCUT2D eigenvalue weighted by molar-refractivity contribution is 0.104. The number of rotatable bonds is 2. The number of nitrogens with two attached hydrogens (primary N) is 1. The molecule has 3 nitrogen and oxygen atoms in total. The van der Waals surface area contributed by atoms with Crippen LogP contribution in [0.4, 0.5) is 5.69 Å². The van der Waals surface area contributed by atoms with Crippen LogP contribution in [0.15, 0.2) is 36.5 Å². The molecule has 106 valence electrons. The van der Waals surface area contributed by atoms with Crippen molar-refractivity contribution in [2.75, 3.05) is 5.73 Å². The molecular formula is C16H12Cl2N2O. The molecule has 0 spiro atoms. The minimum atomic E-state index is -0.115. The van der Waals surface area contributed by atoms with Crippen molar-refractivity contribution in [3.8, 4) is 0 Å². The van der Waals surface area contributed by atoms with Gasteiger partial charge in [0, 0.05) is 38.9 Å². The first-order chi connectivity index (χ1) is 9.99. The molecule has 0 radical (unpaired) electrons. The summed E-state index contributed by atoms with van der Waals surface area (Å²) in [7, 11) is 0. The van der Waals surface area contributed by atoms with E-state index in [2.05, 4.69) is 4.98 Å². The predicted molar refractivity (Wildman–Crippen MR) is 87.3 cm³/mol. The molecule has 3 N–H and O–H groups in total. The van der Waals surface area contributed by atoms with E-state index in [0.717, 1.165) is 11.1 Å². The van der Waals surface area contributed by atoms with Gasteiger partial charge in [-0.2, -0.15) is 0 Å². The van der Waals surface area contributed by atoms with Gasteiger partial charge in [-0.25, -0.2) is 0 Å². The first kappa shape index (κ1) is 14.0. The van der Waals surface area contributed by atoms with E-state index in [9.17, 15) is 4.79 Å². The Kier molecular flexibility index (Phi) is 3.40. The smallest absolute Gasteiger partial charge is 0.195 e. The number of carbonyl (C=O) groups excluding carboxylic acids is 1. The average molecular weight is 319 g/mol. The van der Waals surface area contributed by atoms with E-state index in [4.69, 9.17) is 28.9 Å². The van der Waals surface area contributed by atoms with Gasteiger partial charge < -0.3 is 10.7 Å². The molecule has 0 saturated carbocycles. The van der Waals surface area contributed by atoms with E-state index in [1.54, 1.807) is 36.5 Å². The van der Waals surface area contributed by atoms with Crippen molar-refractivity contribution in [1.29, 1.82) is 0 Å². The highest BCUT2D eigenvalue weighted by Gasteiger charge is 2.19. The third kappa shape index (κ3) is 2.28. The van der Waals surface area contributed by atoms with Crippen LogP contribution >= 0.6 is 23.2 Å². The van der Waals surface area contributed by atoms with Crippen LogP contribution in [-0.4, -0.2) is 10.8 Å². The third-order valence-corrected chi connectivity index (χ3v) is 4.08. The molecule has 2 aromatic carbocycles. The zero-order chi connectivity index (χ0) is 15.1. The Morgan fingerprint density at radius 1 is 1.19 bits per heavy atom. The molecule has 5 heteroatoms. The molecule has 0 atom stereocenters. The molecule has 0 fully saturated rings. The quantitative estimate of drug-likeness (QED) is 0.536. The largest absolute Gasteiger partial charge is 0.398 e. The van der Waals surface area contributed by atoms with Gasteiger partial charge >= 0.3 is 0 Å².